The first-order valence-electron chi connectivity index (χ1n) is 13.4. The maximum Gasteiger partial charge on any atom is 0.326 e. The molecule has 0 fully saturated rings. The molecule has 0 aliphatic rings. The quantitative estimate of drug-likeness (QED) is 0.148. The minimum atomic E-state index is -1.19. The Morgan fingerprint density at radius 2 is 1.38 bits per heavy atom. The average Bonchev–Trinajstić information content (AvgIpc) is 2.91. The molecule has 4 unspecified atom stereocenters. The van der Waals surface area contributed by atoms with Crippen molar-refractivity contribution in [3.8, 4) is 5.75 Å². The number of carbonyl (C=O) groups excluding carboxylic acids is 3. The molecule has 0 spiro atoms. The van der Waals surface area contributed by atoms with Gasteiger partial charge in [-0.2, -0.15) is 0 Å². The van der Waals surface area contributed by atoms with Gasteiger partial charge >= 0.3 is 5.97 Å². The number of hydrogen-bond acceptors (Lipinski definition) is 7. The van der Waals surface area contributed by atoms with E-state index in [1.807, 2.05) is 30.3 Å². The van der Waals surface area contributed by atoms with Crippen LogP contribution in [0.5, 0.6) is 5.75 Å². The lowest BCUT2D eigenvalue weighted by Crippen LogP contribution is -2.59. The van der Waals surface area contributed by atoms with E-state index in [0.717, 1.165) is 5.56 Å². The third-order valence-electron chi connectivity index (χ3n) is 6.45. The zero-order chi connectivity index (χ0) is 29.7. The molecule has 0 radical (unpaired) electrons. The molecule has 0 aliphatic heterocycles. The highest BCUT2D eigenvalue weighted by molar-refractivity contribution is 5.94. The molecule has 11 nitrogen and oxygen atoms in total. The number of aliphatic carboxylic acids is 1. The van der Waals surface area contributed by atoms with Crippen LogP contribution in [0.2, 0.25) is 0 Å². The molecule has 218 valence electrons. The fourth-order valence-corrected chi connectivity index (χ4v) is 4.12. The number of nitrogens with two attached hydrogens (primary N) is 2. The van der Waals surface area contributed by atoms with Crippen LogP contribution in [0, 0.1) is 5.92 Å². The standard InChI is InChI=1S/C29H41N5O6/c1-18(2)25(34-26(36)22(31)16-19-8-4-3-5-9-19)28(38)33-24(17-20-11-13-21(35)14-12-20)27(37)32-23(29(39)40)10-6-7-15-30/h3-5,8-9,11-14,18,22-25,35H,6-7,10,15-17,30-31H2,1-2H3,(H,32,37)(H,33,38)(H,34,36)(H,39,40). The summed E-state index contributed by atoms with van der Waals surface area (Å²) in [6, 6.07) is 11.2. The van der Waals surface area contributed by atoms with Crippen molar-refractivity contribution in [2.45, 2.75) is 70.1 Å². The number of benzene rings is 2. The molecule has 2 rings (SSSR count). The average molecular weight is 556 g/mol. The van der Waals surface area contributed by atoms with Gasteiger partial charge in [-0.15, -0.1) is 0 Å². The van der Waals surface area contributed by atoms with Crippen molar-refractivity contribution in [2.24, 2.45) is 17.4 Å². The van der Waals surface area contributed by atoms with E-state index < -0.39 is 47.9 Å². The van der Waals surface area contributed by atoms with E-state index in [-0.39, 0.29) is 30.9 Å². The van der Waals surface area contributed by atoms with Crippen LogP contribution < -0.4 is 27.4 Å². The van der Waals surface area contributed by atoms with Crippen molar-refractivity contribution in [3.63, 3.8) is 0 Å². The van der Waals surface area contributed by atoms with Crippen LogP contribution in [0.4, 0.5) is 0 Å². The maximum atomic E-state index is 13.4. The van der Waals surface area contributed by atoms with Crippen molar-refractivity contribution in [3.05, 3.63) is 65.7 Å². The minimum Gasteiger partial charge on any atom is -0.508 e. The number of nitrogens with one attached hydrogen (secondary N) is 3. The summed E-state index contributed by atoms with van der Waals surface area (Å²) in [6.07, 6.45) is 1.61. The topological polar surface area (TPSA) is 197 Å². The first-order chi connectivity index (χ1) is 19.0. The van der Waals surface area contributed by atoms with E-state index in [1.54, 1.807) is 26.0 Å². The van der Waals surface area contributed by atoms with E-state index in [1.165, 1.54) is 12.1 Å². The van der Waals surface area contributed by atoms with Gasteiger partial charge < -0.3 is 37.6 Å². The molecule has 0 heterocycles. The second-order valence-corrected chi connectivity index (χ2v) is 10.1. The van der Waals surface area contributed by atoms with Crippen molar-refractivity contribution < 1.29 is 29.4 Å². The summed E-state index contributed by atoms with van der Waals surface area (Å²) in [7, 11) is 0. The van der Waals surface area contributed by atoms with E-state index in [9.17, 15) is 29.4 Å². The second-order valence-electron chi connectivity index (χ2n) is 10.1. The fraction of sp³-hybridized carbons (Fsp3) is 0.448. The summed E-state index contributed by atoms with van der Waals surface area (Å²) in [5, 5.41) is 27.1. The molecule has 0 bridgehead atoms. The van der Waals surface area contributed by atoms with Crippen molar-refractivity contribution >= 4 is 23.7 Å². The summed E-state index contributed by atoms with van der Waals surface area (Å²) in [5.41, 5.74) is 13.1. The van der Waals surface area contributed by atoms with Crippen LogP contribution in [0.15, 0.2) is 54.6 Å². The number of amides is 3. The highest BCUT2D eigenvalue weighted by Gasteiger charge is 2.32. The molecule has 0 saturated carbocycles. The van der Waals surface area contributed by atoms with E-state index >= 15 is 0 Å². The molecule has 11 heteroatoms. The van der Waals surface area contributed by atoms with Crippen LogP contribution >= 0.6 is 0 Å². The highest BCUT2D eigenvalue weighted by Crippen LogP contribution is 2.13. The molecule has 4 atom stereocenters. The second kappa shape index (κ2) is 16.2. The number of phenolic OH excluding ortho intramolecular Hbond substituents is 1. The third kappa shape index (κ3) is 10.7. The van der Waals surface area contributed by atoms with Gasteiger partial charge in [-0.3, -0.25) is 14.4 Å². The number of unbranched alkanes of at least 4 members (excludes halogenated alkanes) is 1. The SMILES string of the molecule is CC(C)C(NC(=O)C(N)Cc1ccccc1)C(=O)NC(Cc1ccc(O)cc1)C(=O)NC(CCCCN)C(=O)O. The molecule has 0 aliphatic carbocycles. The van der Waals surface area contributed by atoms with Crippen molar-refractivity contribution in [1.29, 1.82) is 0 Å². The smallest absolute Gasteiger partial charge is 0.326 e. The number of hydrogen-bond donors (Lipinski definition) is 7. The Balaban J connectivity index is 2.18. The Kier molecular flexibility index (Phi) is 13.1. The number of carboxylic acid groups (broad SMARTS) is 1. The third-order valence-corrected chi connectivity index (χ3v) is 6.45. The molecule has 2 aromatic rings. The van der Waals surface area contributed by atoms with Gasteiger partial charge in [0.05, 0.1) is 6.04 Å². The summed E-state index contributed by atoms with van der Waals surface area (Å²) in [5.74, 6) is -3.30. The van der Waals surface area contributed by atoms with Crippen LogP contribution in [0.1, 0.15) is 44.2 Å². The van der Waals surface area contributed by atoms with Crippen LogP contribution in [0.3, 0.4) is 0 Å². The van der Waals surface area contributed by atoms with Gasteiger partial charge in [0.15, 0.2) is 0 Å². The summed E-state index contributed by atoms with van der Waals surface area (Å²) in [6.45, 7) is 3.90. The Labute approximate surface area is 234 Å². The zero-order valence-corrected chi connectivity index (χ0v) is 23.0. The van der Waals surface area contributed by atoms with Gasteiger partial charge in [-0.1, -0.05) is 56.3 Å². The first kappa shape index (κ1) is 32.3. The summed E-state index contributed by atoms with van der Waals surface area (Å²) < 4.78 is 0. The lowest BCUT2D eigenvalue weighted by atomic mass is 9.99. The van der Waals surface area contributed by atoms with Crippen molar-refractivity contribution in [2.75, 3.05) is 6.54 Å². The normalized spacial score (nSPS) is 14.0. The van der Waals surface area contributed by atoms with E-state index in [2.05, 4.69) is 16.0 Å². The van der Waals surface area contributed by atoms with Gasteiger partial charge in [0.1, 0.15) is 23.9 Å². The number of carbonyl (C=O) groups is 4. The zero-order valence-electron chi connectivity index (χ0n) is 23.0. The first-order valence-corrected chi connectivity index (χ1v) is 13.4. The fourth-order valence-electron chi connectivity index (χ4n) is 4.12. The predicted octanol–water partition coefficient (Wildman–Crippen LogP) is 0.829. The molecule has 9 N–H and O–H groups in total. The van der Waals surface area contributed by atoms with Crippen LogP contribution in [0.25, 0.3) is 0 Å². The van der Waals surface area contributed by atoms with Crippen LogP contribution in [-0.4, -0.2) is 64.6 Å². The number of rotatable bonds is 16. The van der Waals surface area contributed by atoms with E-state index in [0.29, 0.717) is 24.9 Å². The lowest BCUT2D eigenvalue weighted by Gasteiger charge is -2.27. The Morgan fingerprint density at radius 1 is 0.775 bits per heavy atom. The lowest BCUT2D eigenvalue weighted by molar-refractivity contribution is -0.142. The highest BCUT2D eigenvalue weighted by atomic mass is 16.4. The van der Waals surface area contributed by atoms with E-state index in [4.69, 9.17) is 11.5 Å². The Morgan fingerprint density at radius 3 is 1.95 bits per heavy atom. The minimum absolute atomic E-state index is 0.0271. The Bertz CT molecular complexity index is 1110. The van der Waals surface area contributed by atoms with Gasteiger partial charge in [0, 0.05) is 6.42 Å². The molecule has 2 aromatic carbocycles. The molecular weight excluding hydrogens is 514 g/mol. The van der Waals surface area contributed by atoms with Crippen molar-refractivity contribution in [1.82, 2.24) is 16.0 Å². The molecule has 40 heavy (non-hydrogen) atoms. The molecule has 0 aromatic heterocycles. The molecule has 3 amide bonds. The maximum absolute atomic E-state index is 13.4. The number of carboxylic acids is 1. The van der Waals surface area contributed by atoms with Crippen LogP contribution in [-0.2, 0) is 32.0 Å². The van der Waals surface area contributed by atoms with Gasteiger partial charge in [0.2, 0.25) is 17.7 Å². The number of aromatic hydroxyl groups is 1. The monoisotopic (exact) mass is 555 g/mol. The predicted molar refractivity (Wildman–Crippen MR) is 151 cm³/mol. The van der Waals surface area contributed by atoms with Gasteiger partial charge in [-0.25, -0.2) is 4.79 Å². The summed E-state index contributed by atoms with van der Waals surface area (Å²) in [4.78, 5) is 51.3. The summed E-state index contributed by atoms with van der Waals surface area (Å²) >= 11 is 0. The number of phenols is 1. The largest absolute Gasteiger partial charge is 0.508 e. The van der Waals surface area contributed by atoms with Gasteiger partial charge in [0.25, 0.3) is 0 Å². The molecule has 0 saturated heterocycles. The Hall–Kier alpha value is -3.96. The molecular formula is C29H41N5O6. The van der Waals surface area contributed by atoms with Gasteiger partial charge in [-0.05, 0) is 61.4 Å².